The maximum Gasteiger partial charge on any atom is 0.216 e. The molecule has 106 valence electrons. The molecule has 0 atom stereocenters. The fraction of sp³-hybridized carbons (Fsp3) is 0.312. The molecule has 0 fully saturated rings. The second-order valence-electron chi connectivity index (χ2n) is 4.71. The summed E-state index contributed by atoms with van der Waals surface area (Å²) >= 11 is 0. The van der Waals surface area contributed by atoms with Gasteiger partial charge in [-0.25, -0.2) is 0 Å². The second-order valence-corrected chi connectivity index (χ2v) is 4.71. The van der Waals surface area contributed by atoms with Crippen molar-refractivity contribution in [3.8, 4) is 5.75 Å². The maximum absolute atomic E-state index is 11.0. The van der Waals surface area contributed by atoms with Crippen molar-refractivity contribution in [2.75, 3.05) is 13.7 Å². The fourth-order valence-corrected chi connectivity index (χ4v) is 2.46. The van der Waals surface area contributed by atoms with Crippen LogP contribution in [-0.2, 0) is 17.6 Å². The Morgan fingerprint density at radius 1 is 1.50 bits per heavy atom. The highest BCUT2D eigenvalue weighted by Crippen LogP contribution is 2.31. The molecular formula is C16H20N2O2. The van der Waals surface area contributed by atoms with Crippen molar-refractivity contribution >= 4 is 16.8 Å². The Kier molecular flexibility index (Phi) is 4.45. The minimum atomic E-state index is -0.00580. The van der Waals surface area contributed by atoms with Gasteiger partial charge in [0.2, 0.25) is 5.91 Å². The van der Waals surface area contributed by atoms with Crippen LogP contribution in [0.5, 0.6) is 5.75 Å². The zero-order chi connectivity index (χ0) is 14.5. The maximum atomic E-state index is 11.0. The molecule has 20 heavy (non-hydrogen) atoms. The Hall–Kier alpha value is -2.23. The number of ether oxygens (including phenoxy) is 1. The van der Waals surface area contributed by atoms with E-state index in [1.807, 2.05) is 24.4 Å². The normalized spacial score (nSPS) is 10.5. The van der Waals surface area contributed by atoms with Crippen molar-refractivity contribution in [1.82, 2.24) is 10.3 Å². The Balaban J connectivity index is 2.39. The molecule has 0 aliphatic heterocycles. The highest BCUT2D eigenvalue weighted by molar-refractivity contribution is 5.89. The van der Waals surface area contributed by atoms with Gasteiger partial charge in [-0.15, -0.1) is 6.58 Å². The van der Waals surface area contributed by atoms with E-state index >= 15 is 0 Å². The summed E-state index contributed by atoms with van der Waals surface area (Å²) in [5.74, 6) is 0.867. The van der Waals surface area contributed by atoms with Gasteiger partial charge in [0, 0.05) is 36.1 Å². The number of H-pyrrole nitrogens is 1. The van der Waals surface area contributed by atoms with Crippen LogP contribution in [0.25, 0.3) is 10.9 Å². The first kappa shape index (κ1) is 14.2. The first-order valence-electron chi connectivity index (χ1n) is 6.68. The van der Waals surface area contributed by atoms with E-state index in [1.165, 1.54) is 17.9 Å². The molecule has 0 saturated carbocycles. The summed E-state index contributed by atoms with van der Waals surface area (Å²) in [5, 5.41) is 4.00. The number of aromatic amines is 1. The van der Waals surface area contributed by atoms with Gasteiger partial charge in [-0.2, -0.15) is 0 Å². The third-order valence-corrected chi connectivity index (χ3v) is 3.33. The van der Waals surface area contributed by atoms with Crippen molar-refractivity contribution in [1.29, 1.82) is 0 Å². The molecule has 4 nitrogen and oxygen atoms in total. The molecule has 0 aliphatic rings. The van der Waals surface area contributed by atoms with E-state index in [2.05, 4.69) is 16.9 Å². The lowest BCUT2D eigenvalue weighted by Gasteiger charge is -2.10. The number of rotatable bonds is 6. The molecule has 1 heterocycles. The summed E-state index contributed by atoms with van der Waals surface area (Å²) in [5.41, 5.74) is 3.41. The Labute approximate surface area is 118 Å². The van der Waals surface area contributed by atoms with E-state index in [0.717, 1.165) is 29.7 Å². The highest BCUT2D eigenvalue weighted by Gasteiger charge is 2.12. The van der Waals surface area contributed by atoms with Gasteiger partial charge in [0.15, 0.2) is 0 Å². The molecular weight excluding hydrogens is 252 g/mol. The molecule has 2 rings (SSSR count). The van der Waals surface area contributed by atoms with Gasteiger partial charge in [0.1, 0.15) is 5.75 Å². The van der Waals surface area contributed by atoms with E-state index in [9.17, 15) is 4.79 Å². The standard InChI is InChI=1S/C16H20N2O2/c1-4-5-13-15(20-3)7-6-14-16(13)12(10-18-14)8-9-17-11(2)19/h4,6-7,10,18H,1,5,8-9H2,2-3H3,(H,17,19). The van der Waals surface area contributed by atoms with Crippen LogP contribution in [0.3, 0.4) is 0 Å². The molecule has 0 spiro atoms. The van der Waals surface area contributed by atoms with Crippen LogP contribution >= 0.6 is 0 Å². The molecule has 2 N–H and O–H groups in total. The lowest BCUT2D eigenvalue weighted by atomic mass is 10.0. The number of nitrogens with one attached hydrogen (secondary N) is 2. The number of methoxy groups -OCH3 is 1. The van der Waals surface area contributed by atoms with E-state index in [4.69, 9.17) is 4.74 Å². The SMILES string of the molecule is C=CCc1c(OC)ccc2[nH]cc(CCNC(C)=O)c12. The number of hydrogen-bond donors (Lipinski definition) is 2. The van der Waals surface area contributed by atoms with Gasteiger partial charge < -0.3 is 15.0 Å². The molecule has 0 aliphatic carbocycles. The third kappa shape index (κ3) is 2.85. The Morgan fingerprint density at radius 3 is 2.95 bits per heavy atom. The molecule has 1 aromatic carbocycles. The highest BCUT2D eigenvalue weighted by atomic mass is 16.5. The molecule has 0 bridgehead atoms. The first-order chi connectivity index (χ1) is 9.67. The van der Waals surface area contributed by atoms with Gasteiger partial charge >= 0.3 is 0 Å². The van der Waals surface area contributed by atoms with E-state index < -0.39 is 0 Å². The summed E-state index contributed by atoms with van der Waals surface area (Å²) in [6.45, 7) is 5.98. The quantitative estimate of drug-likeness (QED) is 0.794. The summed E-state index contributed by atoms with van der Waals surface area (Å²) in [6, 6.07) is 3.98. The van der Waals surface area contributed by atoms with Gasteiger partial charge in [-0.3, -0.25) is 4.79 Å². The fourth-order valence-electron chi connectivity index (χ4n) is 2.46. The topological polar surface area (TPSA) is 54.1 Å². The Bertz CT molecular complexity index is 629. The van der Waals surface area contributed by atoms with Crippen molar-refractivity contribution in [3.63, 3.8) is 0 Å². The third-order valence-electron chi connectivity index (χ3n) is 3.33. The van der Waals surface area contributed by atoms with Crippen LogP contribution in [-0.4, -0.2) is 24.5 Å². The van der Waals surface area contributed by atoms with Gasteiger partial charge in [-0.05, 0) is 30.5 Å². The zero-order valence-electron chi connectivity index (χ0n) is 12.0. The smallest absolute Gasteiger partial charge is 0.216 e. The minimum Gasteiger partial charge on any atom is -0.496 e. The number of fused-ring (bicyclic) bond motifs is 1. The number of hydrogen-bond acceptors (Lipinski definition) is 2. The Morgan fingerprint density at radius 2 is 2.30 bits per heavy atom. The molecule has 0 unspecified atom stereocenters. The van der Waals surface area contributed by atoms with Crippen LogP contribution in [0.15, 0.2) is 31.0 Å². The molecule has 1 aromatic heterocycles. The van der Waals surface area contributed by atoms with Gasteiger partial charge in [0.25, 0.3) is 0 Å². The molecule has 1 amide bonds. The van der Waals surface area contributed by atoms with Crippen molar-refractivity contribution in [3.05, 3.63) is 42.1 Å². The van der Waals surface area contributed by atoms with E-state index in [-0.39, 0.29) is 5.91 Å². The largest absolute Gasteiger partial charge is 0.496 e. The van der Waals surface area contributed by atoms with Crippen molar-refractivity contribution < 1.29 is 9.53 Å². The second kappa shape index (κ2) is 6.28. The molecule has 2 aromatic rings. The summed E-state index contributed by atoms with van der Waals surface area (Å²) in [7, 11) is 1.68. The summed E-state index contributed by atoms with van der Waals surface area (Å²) in [4.78, 5) is 14.2. The predicted octanol–water partition coefficient (Wildman–Crippen LogP) is 2.58. The van der Waals surface area contributed by atoms with E-state index in [0.29, 0.717) is 6.54 Å². The van der Waals surface area contributed by atoms with Gasteiger partial charge in [0.05, 0.1) is 7.11 Å². The van der Waals surface area contributed by atoms with Crippen molar-refractivity contribution in [2.24, 2.45) is 0 Å². The van der Waals surface area contributed by atoms with Crippen LogP contribution in [0.1, 0.15) is 18.1 Å². The molecule has 0 saturated heterocycles. The number of amides is 1. The number of allylic oxidation sites excluding steroid dienone is 1. The molecule has 4 heteroatoms. The number of carbonyl (C=O) groups is 1. The monoisotopic (exact) mass is 272 g/mol. The van der Waals surface area contributed by atoms with Crippen LogP contribution in [0.4, 0.5) is 0 Å². The summed E-state index contributed by atoms with van der Waals surface area (Å²) < 4.78 is 5.44. The van der Waals surface area contributed by atoms with Crippen LogP contribution < -0.4 is 10.1 Å². The van der Waals surface area contributed by atoms with Crippen LogP contribution in [0.2, 0.25) is 0 Å². The average molecular weight is 272 g/mol. The van der Waals surface area contributed by atoms with E-state index in [1.54, 1.807) is 7.11 Å². The predicted molar refractivity (Wildman–Crippen MR) is 81.1 cm³/mol. The lowest BCUT2D eigenvalue weighted by Crippen LogP contribution is -2.22. The number of benzene rings is 1. The lowest BCUT2D eigenvalue weighted by molar-refractivity contribution is -0.118. The van der Waals surface area contributed by atoms with Gasteiger partial charge in [-0.1, -0.05) is 6.08 Å². The van der Waals surface area contributed by atoms with Crippen LogP contribution in [0, 0.1) is 0 Å². The first-order valence-corrected chi connectivity index (χ1v) is 6.68. The zero-order valence-corrected chi connectivity index (χ0v) is 12.0. The summed E-state index contributed by atoms with van der Waals surface area (Å²) in [6.07, 6.45) is 5.42. The average Bonchev–Trinajstić information content (AvgIpc) is 2.83. The van der Waals surface area contributed by atoms with Crippen molar-refractivity contribution in [2.45, 2.75) is 19.8 Å². The number of carbonyl (C=O) groups excluding carboxylic acids is 1. The molecule has 0 radical (unpaired) electrons. The number of aromatic nitrogens is 1. The minimum absolute atomic E-state index is 0.00580.